The van der Waals surface area contributed by atoms with Gasteiger partial charge in [-0.2, -0.15) is 4.98 Å². The predicted octanol–water partition coefficient (Wildman–Crippen LogP) is 2.65. The van der Waals surface area contributed by atoms with Crippen molar-refractivity contribution in [1.82, 2.24) is 10.1 Å². The second-order valence-electron chi connectivity index (χ2n) is 4.85. The molecule has 5 heteroatoms. The molecule has 90 valence electrons. The summed E-state index contributed by atoms with van der Waals surface area (Å²) in [6.45, 7) is 6.02. The quantitative estimate of drug-likeness (QED) is 0.834. The zero-order chi connectivity index (χ0) is 12.5. The van der Waals surface area contributed by atoms with Crippen LogP contribution in [0.25, 0.3) is 11.4 Å². The van der Waals surface area contributed by atoms with Crippen LogP contribution in [0.1, 0.15) is 20.8 Å². The Morgan fingerprint density at radius 1 is 1.29 bits per heavy atom. The van der Waals surface area contributed by atoms with Gasteiger partial charge in [-0.05, 0) is 32.9 Å². The highest BCUT2D eigenvalue weighted by Crippen LogP contribution is 2.22. The van der Waals surface area contributed by atoms with Gasteiger partial charge in [-0.15, -0.1) is 0 Å². The van der Waals surface area contributed by atoms with Crippen molar-refractivity contribution in [1.29, 1.82) is 0 Å². The van der Waals surface area contributed by atoms with Gasteiger partial charge in [0, 0.05) is 11.1 Å². The fourth-order valence-electron chi connectivity index (χ4n) is 1.36. The van der Waals surface area contributed by atoms with E-state index < -0.39 is 0 Å². The molecule has 2 aromatic rings. The topological polar surface area (TPSA) is 71.2 Å². The Balaban J connectivity index is 2.24. The molecule has 0 radical (unpaired) electrons. The van der Waals surface area contributed by atoms with Crippen molar-refractivity contribution >= 4 is 6.01 Å². The number of anilines is 1. The normalized spacial score (nSPS) is 11.5. The number of phenols is 1. The molecule has 2 rings (SSSR count). The van der Waals surface area contributed by atoms with E-state index in [0.717, 1.165) is 5.56 Å². The van der Waals surface area contributed by atoms with E-state index in [2.05, 4.69) is 15.5 Å². The highest BCUT2D eigenvalue weighted by Gasteiger charge is 2.15. The molecule has 2 N–H and O–H groups in total. The van der Waals surface area contributed by atoms with Crippen molar-refractivity contribution in [2.75, 3.05) is 5.32 Å². The minimum absolute atomic E-state index is 0.136. The van der Waals surface area contributed by atoms with E-state index in [1.165, 1.54) is 0 Å². The molecule has 0 saturated carbocycles. The summed E-state index contributed by atoms with van der Waals surface area (Å²) in [5.41, 5.74) is 0.582. The van der Waals surface area contributed by atoms with Crippen LogP contribution in [-0.4, -0.2) is 20.8 Å². The largest absolute Gasteiger partial charge is 0.508 e. The second kappa shape index (κ2) is 4.08. The molecule has 0 fully saturated rings. The van der Waals surface area contributed by atoms with Gasteiger partial charge in [0.2, 0.25) is 5.82 Å². The van der Waals surface area contributed by atoms with Crippen molar-refractivity contribution in [2.45, 2.75) is 26.3 Å². The van der Waals surface area contributed by atoms with E-state index in [-0.39, 0.29) is 11.3 Å². The van der Waals surface area contributed by atoms with Crippen molar-refractivity contribution in [2.24, 2.45) is 0 Å². The van der Waals surface area contributed by atoms with Crippen LogP contribution in [0.3, 0.4) is 0 Å². The van der Waals surface area contributed by atoms with Gasteiger partial charge in [-0.25, -0.2) is 0 Å². The van der Waals surface area contributed by atoms with E-state index in [9.17, 15) is 5.11 Å². The molecule has 0 aliphatic rings. The van der Waals surface area contributed by atoms with Crippen molar-refractivity contribution < 1.29 is 9.63 Å². The van der Waals surface area contributed by atoms with E-state index in [1.807, 2.05) is 26.8 Å². The van der Waals surface area contributed by atoms with Crippen LogP contribution in [0.5, 0.6) is 5.75 Å². The van der Waals surface area contributed by atoms with Crippen LogP contribution in [0.2, 0.25) is 0 Å². The minimum atomic E-state index is -0.136. The molecule has 0 saturated heterocycles. The number of aromatic nitrogens is 2. The minimum Gasteiger partial charge on any atom is -0.508 e. The van der Waals surface area contributed by atoms with Gasteiger partial charge < -0.3 is 14.9 Å². The highest BCUT2D eigenvalue weighted by molar-refractivity contribution is 5.57. The van der Waals surface area contributed by atoms with Gasteiger partial charge >= 0.3 is 6.01 Å². The molecule has 1 heterocycles. The molecule has 17 heavy (non-hydrogen) atoms. The number of hydrogen-bond donors (Lipinski definition) is 2. The average molecular weight is 233 g/mol. The molecular formula is C12H15N3O2. The molecule has 5 nitrogen and oxygen atoms in total. The van der Waals surface area contributed by atoms with Crippen molar-refractivity contribution in [3.63, 3.8) is 0 Å². The van der Waals surface area contributed by atoms with Gasteiger partial charge in [0.1, 0.15) is 5.75 Å². The third kappa shape index (κ3) is 2.96. The number of benzene rings is 1. The fraction of sp³-hybridized carbons (Fsp3) is 0.333. The smallest absolute Gasteiger partial charge is 0.322 e. The maximum atomic E-state index is 9.37. The summed E-state index contributed by atoms with van der Waals surface area (Å²) in [6.07, 6.45) is 0. The molecule has 0 amide bonds. The van der Waals surface area contributed by atoms with Crippen LogP contribution in [-0.2, 0) is 0 Å². The van der Waals surface area contributed by atoms with E-state index in [4.69, 9.17) is 4.52 Å². The number of rotatable bonds is 2. The molecule has 0 aliphatic carbocycles. The second-order valence-corrected chi connectivity index (χ2v) is 4.85. The number of nitrogens with one attached hydrogen (secondary N) is 1. The fourth-order valence-corrected chi connectivity index (χ4v) is 1.36. The summed E-state index contributed by atoms with van der Waals surface area (Å²) >= 11 is 0. The van der Waals surface area contributed by atoms with Crippen LogP contribution < -0.4 is 5.32 Å². The SMILES string of the molecule is CC(C)(C)Nc1nc(-c2cccc(O)c2)no1. The first-order valence-electron chi connectivity index (χ1n) is 5.35. The summed E-state index contributed by atoms with van der Waals surface area (Å²) in [7, 11) is 0. The summed E-state index contributed by atoms with van der Waals surface area (Å²) in [4.78, 5) is 4.21. The summed E-state index contributed by atoms with van der Waals surface area (Å²) in [5, 5.41) is 16.3. The highest BCUT2D eigenvalue weighted by atomic mass is 16.5. The Kier molecular flexibility index (Phi) is 2.75. The number of hydrogen-bond acceptors (Lipinski definition) is 5. The van der Waals surface area contributed by atoms with Gasteiger partial charge in [0.25, 0.3) is 0 Å². The molecule has 0 spiro atoms. The molecule has 0 bridgehead atoms. The van der Waals surface area contributed by atoms with Gasteiger partial charge in [-0.3, -0.25) is 0 Å². The maximum Gasteiger partial charge on any atom is 0.322 e. The van der Waals surface area contributed by atoms with Crippen LogP contribution >= 0.6 is 0 Å². The first-order chi connectivity index (χ1) is 7.94. The lowest BCUT2D eigenvalue weighted by molar-refractivity contribution is 0.420. The number of phenolic OH excluding ortho intramolecular Hbond substituents is 1. The summed E-state index contributed by atoms with van der Waals surface area (Å²) < 4.78 is 5.08. The molecule has 1 aromatic heterocycles. The Bertz CT molecular complexity index is 514. The van der Waals surface area contributed by atoms with Crippen LogP contribution in [0, 0.1) is 0 Å². The molecule has 0 unspecified atom stereocenters. The third-order valence-electron chi connectivity index (χ3n) is 2.01. The van der Waals surface area contributed by atoms with Gasteiger partial charge in [-0.1, -0.05) is 17.3 Å². The van der Waals surface area contributed by atoms with E-state index in [1.54, 1.807) is 18.2 Å². The van der Waals surface area contributed by atoms with E-state index in [0.29, 0.717) is 11.8 Å². The number of aromatic hydroxyl groups is 1. The lowest BCUT2D eigenvalue weighted by Crippen LogP contribution is -2.26. The Labute approximate surface area is 99.5 Å². The molecule has 0 atom stereocenters. The van der Waals surface area contributed by atoms with E-state index >= 15 is 0 Å². The average Bonchev–Trinajstić information content (AvgIpc) is 2.63. The molecular weight excluding hydrogens is 218 g/mol. The Morgan fingerprint density at radius 2 is 2.06 bits per heavy atom. The summed E-state index contributed by atoms with van der Waals surface area (Å²) in [5.74, 6) is 0.630. The van der Waals surface area contributed by atoms with Crippen molar-refractivity contribution in [3.8, 4) is 17.1 Å². The molecule has 1 aromatic carbocycles. The van der Waals surface area contributed by atoms with Gasteiger partial charge in [0.05, 0.1) is 0 Å². The first kappa shape index (κ1) is 11.4. The zero-order valence-electron chi connectivity index (χ0n) is 10.1. The maximum absolute atomic E-state index is 9.37. The lowest BCUT2D eigenvalue weighted by atomic mass is 10.1. The number of nitrogens with zero attached hydrogens (tertiary/aromatic N) is 2. The summed E-state index contributed by atoms with van der Waals surface area (Å²) in [6, 6.07) is 7.10. The monoisotopic (exact) mass is 233 g/mol. The van der Waals surface area contributed by atoms with Gasteiger partial charge in [0.15, 0.2) is 0 Å². The van der Waals surface area contributed by atoms with Crippen LogP contribution in [0.15, 0.2) is 28.8 Å². The Hall–Kier alpha value is -2.04. The zero-order valence-corrected chi connectivity index (χ0v) is 10.1. The Morgan fingerprint density at radius 3 is 2.71 bits per heavy atom. The van der Waals surface area contributed by atoms with Crippen molar-refractivity contribution in [3.05, 3.63) is 24.3 Å². The van der Waals surface area contributed by atoms with Crippen LogP contribution in [0.4, 0.5) is 6.01 Å². The predicted molar refractivity (Wildman–Crippen MR) is 64.8 cm³/mol. The first-order valence-corrected chi connectivity index (χ1v) is 5.35. The third-order valence-corrected chi connectivity index (χ3v) is 2.01. The standard InChI is InChI=1S/C12H15N3O2/c1-12(2,3)14-11-13-10(15-17-11)8-5-4-6-9(16)7-8/h4-7,16H,1-3H3,(H,13,14,15). The molecule has 0 aliphatic heterocycles. The lowest BCUT2D eigenvalue weighted by Gasteiger charge is -2.17.